The molecular formula is C41H43F2N4O7S2-. The second kappa shape index (κ2) is 17.4. The van der Waals surface area contributed by atoms with Crippen LogP contribution >= 0.6 is 11.3 Å². The molecule has 4 unspecified atom stereocenters. The number of ether oxygens (including phenoxy) is 1. The lowest BCUT2D eigenvalue weighted by molar-refractivity contribution is 0.0262. The van der Waals surface area contributed by atoms with Crippen LogP contribution in [0.15, 0.2) is 60.7 Å². The van der Waals surface area contributed by atoms with Gasteiger partial charge in [0.05, 0.1) is 23.1 Å². The number of carboxylic acids is 1. The molecule has 7 rings (SSSR count). The van der Waals surface area contributed by atoms with Gasteiger partial charge < -0.3 is 25.0 Å². The van der Waals surface area contributed by atoms with Gasteiger partial charge in [0.1, 0.15) is 16.6 Å². The SMILES string of the molecule is COCC(N1C2CCC1CN(Cc1cccc(C(=O)Nc3sc4c(c3C(=O)Nc3cc(F)c(CCc5ccc(C(=O)O)cc5)c(F)c3)CCCC4)c1)C2)S(=O)[O-]. The van der Waals surface area contributed by atoms with E-state index in [9.17, 15) is 23.1 Å². The molecule has 3 aromatic carbocycles. The fourth-order valence-corrected chi connectivity index (χ4v) is 10.4. The van der Waals surface area contributed by atoms with E-state index in [-0.39, 0.29) is 54.3 Å². The highest BCUT2D eigenvalue weighted by atomic mass is 32.2. The molecule has 3 N–H and O–H groups in total. The fourth-order valence-electron chi connectivity index (χ4n) is 8.34. The number of hydrogen-bond acceptors (Lipinski definition) is 9. The number of halogens is 2. The zero-order valence-electron chi connectivity index (χ0n) is 30.9. The van der Waals surface area contributed by atoms with Crippen molar-refractivity contribution >= 4 is 50.9 Å². The number of nitrogens with zero attached hydrogens (tertiary/aromatic N) is 2. The summed E-state index contributed by atoms with van der Waals surface area (Å²) in [5.41, 5.74) is 3.13. The summed E-state index contributed by atoms with van der Waals surface area (Å²) >= 11 is -0.931. The maximum Gasteiger partial charge on any atom is 0.335 e. The number of amides is 2. The summed E-state index contributed by atoms with van der Waals surface area (Å²) in [6.07, 6.45) is 5.35. The Kier molecular flexibility index (Phi) is 12.4. The third kappa shape index (κ3) is 8.77. The zero-order valence-corrected chi connectivity index (χ0v) is 32.5. The summed E-state index contributed by atoms with van der Waals surface area (Å²) in [7, 11) is 1.51. The van der Waals surface area contributed by atoms with E-state index < -0.39 is 40.0 Å². The van der Waals surface area contributed by atoms with Gasteiger partial charge in [0, 0.05) is 60.5 Å². The first-order chi connectivity index (χ1) is 27.0. The number of carbonyl (C=O) groups is 3. The van der Waals surface area contributed by atoms with E-state index in [0.717, 1.165) is 65.8 Å². The molecule has 1 aliphatic carbocycles. The molecule has 0 spiro atoms. The van der Waals surface area contributed by atoms with Crippen molar-refractivity contribution in [1.82, 2.24) is 9.80 Å². The first-order valence-electron chi connectivity index (χ1n) is 18.7. The third-order valence-electron chi connectivity index (χ3n) is 11.0. The van der Waals surface area contributed by atoms with Crippen LogP contribution < -0.4 is 10.6 Å². The van der Waals surface area contributed by atoms with E-state index in [1.165, 1.54) is 30.6 Å². The molecule has 0 radical (unpaired) electrons. The molecule has 4 aromatic rings. The summed E-state index contributed by atoms with van der Waals surface area (Å²) in [6, 6.07) is 15.8. The molecule has 3 aliphatic rings. The number of carbonyl (C=O) groups excluding carboxylic acids is 2. The predicted molar refractivity (Wildman–Crippen MR) is 209 cm³/mol. The summed E-state index contributed by atoms with van der Waals surface area (Å²) < 4.78 is 59.7. The highest BCUT2D eigenvalue weighted by Gasteiger charge is 2.43. The summed E-state index contributed by atoms with van der Waals surface area (Å²) in [5.74, 6) is -3.64. The second-order valence-electron chi connectivity index (χ2n) is 14.6. The Balaban J connectivity index is 1.03. The van der Waals surface area contributed by atoms with E-state index in [1.54, 1.807) is 18.2 Å². The lowest BCUT2D eigenvalue weighted by Crippen LogP contribution is -2.58. The van der Waals surface area contributed by atoms with Gasteiger partial charge in [0.2, 0.25) is 0 Å². The number of anilines is 2. The number of carboxylic acid groups (broad SMARTS) is 1. The van der Waals surface area contributed by atoms with Crippen molar-refractivity contribution < 1.29 is 41.8 Å². The molecule has 56 heavy (non-hydrogen) atoms. The number of piperazine rings is 1. The van der Waals surface area contributed by atoms with Crippen LogP contribution in [0.5, 0.6) is 0 Å². The van der Waals surface area contributed by atoms with Gasteiger partial charge in [0.15, 0.2) is 0 Å². The number of thiophene rings is 1. The number of aromatic carboxylic acids is 1. The van der Waals surface area contributed by atoms with Crippen molar-refractivity contribution in [1.29, 1.82) is 0 Å². The molecule has 296 valence electrons. The molecule has 1 aromatic heterocycles. The normalized spacial score (nSPS) is 19.3. The van der Waals surface area contributed by atoms with Gasteiger partial charge in [-0.2, -0.15) is 0 Å². The molecule has 2 aliphatic heterocycles. The first-order valence-corrected chi connectivity index (χ1v) is 20.7. The van der Waals surface area contributed by atoms with Crippen molar-refractivity contribution in [2.24, 2.45) is 0 Å². The Bertz CT molecular complexity index is 2110. The Labute approximate surface area is 330 Å². The van der Waals surface area contributed by atoms with Gasteiger partial charge in [-0.15, -0.1) is 11.3 Å². The smallest absolute Gasteiger partial charge is 0.335 e. The van der Waals surface area contributed by atoms with Crippen LogP contribution in [-0.4, -0.2) is 85.7 Å². The van der Waals surface area contributed by atoms with Crippen LogP contribution in [0, 0.1) is 11.6 Å². The largest absolute Gasteiger partial charge is 0.771 e. The maximum absolute atomic E-state index is 15.3. The Hall–Kier alpha value is -4.38. The van der Waals surface area contributed by atoms with Crippen LogP contribution in [0.25, 0.3) is 0 Å². The zero-order chi connectivity index (χ0) is 39.5. The Morgan fingerprint density at radius 2 is 1.62 bits per heavy atom. The average molecular weight is 806 g/mol. The lowest BCUT2D eigenvalue weighted by Gasteiger charge is -2.45. The van der Waals surface area contributed by atoms with Crippen LogP contribution in [0.4, 0.5) is 19.5 Å². The molecule has 2 bridgehead atoms. The summed E-state index contributed by atoms with van der Waals surface area (Å²) in [5, 5.41) is 14.4. The molecule has 2 saturated heterocycles. The highest BCUT2D eigenvalue weighted by Crippen LogP contribution is 2.39. The number of nitrogens with one attached hydrogen (secondary N) is 2. The van der Waals surface area contributed by atoms with Crippen LogP contribution in [0.1, 0.15) is 83.9 Å². The highest BCUT2D eigenvalue weighted by molar-refractivity contribution is 7.79. The van der Waals surface area contributed by atoms with Crippen molar-refractivity contribution in [2.45, 2.75) is 75.4 Å². The number of likely N-dealkylation sites (tertiary alicyclic amines) is 1. The van der Waals surface area contributed by atoms with Gasteiger partial charge in [-0.05, 0) is 116 Å². The fraction of sp³-hybridized carbons (Fsp3) is 0.390. The van der Waals surface area contributed by atoms with Crippen molar-refractivity contribution in [2.75, 3.05) is 37.4 Å². The van der Waals surface area contributed by atoms with Crippen LogP contribution in [0.2, 0.25) is 0 Å². The molecule has 2 fully saturated rings. The van der Waals surface area contributed by atoms with E-state index in [2.05, 4.69) is 20.4 Å². The molecule has 0 saturated carbocycles. The van der Waals surface area contributed by atoms with Crippen molar-refractivity contribution in [3.8, 4) is 0 Å². The molecule has 2 amide bonds. The van der Waals surface area contributed by atoms with Gasteiger partial charge in [-0.25, -0.2) is 13.6 Å². The molecule has 15 heteroatoms. The first kappa shape index (κ1) is 39.8. The standard InChI is InChI=1S/C41H44F2N4O7S2/c1-54-23-36(56(52)53)47-29-14-15-30(47)22-46(21-29)20-25-5-4-6-27(17-25)38(48)45-40-37(32-7-2-3-8-35(32)55-40)39(49)44-28-18-33(42)31(34(43)19-28)16-11-24-9-12-26(13-10-24)41(50)51/h4-6,9-10,12-13,17-19,29-30,36H,2-3,7-8,11,14-16,20-23H2,1H3,(H,44,49)(H,45,48)(H,50,51)(H,52,53)/p-1. The van der Waals surface area contributed by atoms with Crippen LogP contribution in [-0.2, 0) is 48.0 Å². The molecule has 4 atom stereocenters. The monoisotopic (exact) mass is 805 g/mol. The van der Waals surface area contributed by atoms with Crippen molar-refractivity contribution in [3.63, 3.8) is 0 Å². The van der Waals surface area contributed by atoms with Crippen LogP contribution in [0.3, 0.4) is 0 Å². The third-order valence-corrected chi connectivity index (χ3v) is 13.0. The predicted octanol–water partition coefficient (Wildman–Crippen LogP) is 6.39. The topological polar surface area (TPSA) is 151 Å². The Morgan fingerprint density at radius 1 is 0.929 bits per heavy atom. The van der Waals surface area contributed by atoms with Crippen molar-refractivity contribution in [3.05, 3.63) is 116 Å². The Morgan fingerprint density at radius 3 is 2.29 bits per heavy atom. The quantitative estimate of drug-likeness (QED) is 0.123. The minimum atomic E-state index is -2.28. The second-order valence-corrected chi connectivity index (χ2v) is 16.8. The number of hydrogen-bond donors (Lipinski definition) is 3. The van der Waals surface area contributed by atoms with E-state index in [0.29, 0.717) is 42.2 Å². The number of fused-ring (bicyclic) bond motifs is 3. The number of rotatable bonds is 14. The van der Waals surface area contributed by atoms with E-state index >= 15 is 8.78 Å². The van der Waals surface area contributed by atoms with Gasteiger partial charge in [-0.3, -0.25) is 23.6 Å². The molecule has 3 heterocycles. The lowest BCUT2D eigenvalue weighted by atomic mass is 9.95. The van der Waals surface area contributed by atoms with E-state index in [4.69, 9.17) is 9.84 Å². The van der Waals surface area contributed by atoms with E-state index in [1.807, 2.05) is 18.2 Å². The number of methoxy groups -OCH3 is 1. The van der Waals surface area contributed by atoms with Gasteiger partial charge >= 0.3 is 5.97 Å². The van der Waals surface area contributed by atoms with Gasteiger partial charge in [-0.1, -0.05) is 24.3 Å². The average Bonchev–Trinajstić information content (AvgIpc) is 3.66. The summed E-state index contributed by atoms with van der Waals surface area (Å²) in [6.45, 7) is 2.11. The maximum atomic E-state index is 15.3. The summed E-state index contributed by atoms with van der Waals surface area (Å²) in [4.78, 5) is 44.1. The van der Waals surface area contributed by atoms with Gasteiger partial charge in [0.25, 0.3) is 11.8 Å². The number of benzene rings is 3. The number of aryl methyl sites for hydroxylation is 2. The molecule has 11 nitrogen and oxygen atoms in total. The minimum absolute atomic E-state index is 0.0342. The minimum Gasteiger partial charge on any atom is -0.771 e. The molecular weight excluding hydrogens is 763 g/mol.